The number of nitrogens with zero attached hydrogens (tertiary/aromatic N) is 3. The van der Waals surface area contributed by atoms with E-state index in [0.717, 1.165) is 43.0 Å². The Morgan fingerprint density at radius 2 is 1.96 bits per heavy atom. The normalized spacial score (nSPS) is 14.6. The SMILES string of the molecule is CCOC(=O)c1ccc2c(c1)ncn2-c1cccc(N2CCOCC2)c1. The van der Waals surface area contributed by atoms with Crippen LogP contribution in [0.5, 0.6) is 0 Å². The number of esters is 1. The fourth-order valence-electron chi connectivity index (χ4n) is 3.22. The molecule has 0 spiro atoms. The average molecular weight is 351 g/mol. The molecule has 0 N–H and O–H groups in total. The minimum Gasteiger partial charge on any atom is -0.462 e. The molecular weight excluding hydrogens is 330 g/mol. The molecule has 1 fully saturated rings. The minimum absolute atomic E-state index is 0.321. The lowest BCUT2D eigenvalue weighted by Crippen LogP contribution is -2.36. The third-order valence-electron chi connectivity index (χ3n) is 4.54. The number of carbonyl (C=O) groups is 1. The Bertz CT molecular complexity index is 929. The van der Waals surface area contributed by atoms with E-state index in [-0.39, 0.29) is 5.97 Å². The number of fused-ring (bicyclic) bond motifs is 1. The highest BCUT2D eigenvalue weighted by molar-refractivity contribution is 5.94. The quantitative estimate of drug-likeness (QED) is 0.676. The predicted octanol–water partition coefficient (Wildman–Crippen LogP) is 3.04. The van der Waals surface area contributed by atoms with E-state index in [2.05, 4.69) is 34.1 Å². The van der Waals surface area contributed by atoms with Gasteiger partial charge in [-0.15, -0.1) is 0 Å². The second kappa shape index (κ2) is 7.17. The molecule has 4 rings (SSSR count). The van der Waals surface area contributed by atoms with Crippen molar-refractivity contribution in [2.24, 2.45) is 0 Å². The molecule has 0 radical (unpaired) electrons. The summed E-state index contributed by atoms with van der Waals surface area (Å²) in [6.07, 6.45) is 1.79. The van der Waals surface area contributed by atoms with Crippen molar-refractivity contribution in [1.29, 1.82) is 0 Å². The van der Waals surface area contributed by atoms with Gasteiger partial charge in [-0.05, 0) is 43.3 Å². The molecule has 6 heteroatoms. The van der Waals surface area contributed by atoms with Crippen LogP contribution < -0.4 is 4.90 Å². The molecule has 3 aromatic rings. The highest BCUT2D eigenvalue weighted by Crippen LogP contribution is 2.24. The summed E-state index contributed by atoms with van der Waals surface area (Å²) >= 11 is 0. The van der Waals surface area contributed by atoms with E-state index in [9.17, 15) is 4.79 Å². The molecular formula is C20H21N3O3. The molecule has 26 heavy (non-hydrogen) atoms. The molecule has 1 aromatic heterocycles. The molecule has 0 unspecified atom stereocenters. The van der Waals surface area contributed by atoms with Crippen LogP contribution in [-0.2, 0) is 9.47 Å². The third-order valence-corrected chi connectivity index (χ3v) is 4.54. The topological polar surface area (TPSA) is 56.6 Å². The smallest absolute Gasteiger partial charge is 0.338 e. The van der Waals surface area contributed by atoms with E-state index < -0.39 is 0 Å². The molecule has 134 valence electrons. The summed E-state index contributed by atoms with van der Waals surface area (Å²) in [5.41, 5.74) is 4.47. The lowest BCUT2D eigenvalue weighted by atomic mass is 10.2. The number of hydrogen-bond acceptors (Lipinski definition) is 5. The molecule has 0 amide bonds. The molecule has 6 nitrogen and oxygen atoms in total. The van der Waals surface area contributed by atoms with Crippen LogP contribution in [0.3, 0.4) is 0 Å². The molecule has 0 atom stereocenters. The monoisotopic (exact) mass is 351 g/mol. The van der Waals surface area contributed by atoms with Crippen molar-refractivity contribution < 1.29 is 14.3 Å². The van der Waals surface area contributed by atoms with E-state index in [1.165, 1.54) is 5.69 Å². The van der Waals surface area contributed by atoms with E-state index in [0.29, 0.717) is 12.2 Å². The summed E-state index contributed by atoms with van der Waals surface area (Å²) in [6.45, 7) is 5.48. The number of ether oxygens (including phenoxy) is 2. The van der Waals surface area contributed by atoms with Crippen LogP contribution in [0.4, 0.5) is 5.69 Å². The van der Waals surface area contributed by atoms with Gasteiger partial charge in [0, 0.05) is 24.5 Å². The van der Waals surface area contributed by atoms with Gasteiger partial charge in [0.05, 0.1) is 36.4 Å². The Morgan fingerprint density at radius 3 is 2.77 bits per heavy atom. The standard InChI is InChI=1S/C20H21N3O3/c1-2-26-20(24)15-6-7-19-18(12-15)21-14-23(19)17-5-3-4-16(13-17)22-8-10-25-11-9-22/h3-7,12-14H,2,8-11H2,1H3. The van der Waals surface area contributed by atoms with E-state index in [1.807, 2.05) is 10.6 Å². The van der Waals surface area contributed by atoms with Crippen LogP contribution in [-0.4, -0.2) is 48.4 Å². The minimum atomic E-state index is -0.321. The predicted molar refractivity (Wildman–Crippen MR) is 100 cm³/mol. The Morgan fingerprint density at radius 1 is 1.15 bits per heavy atom. The highest BCUT2D eigenvalue weighted by atomic mass is 16.5. The fourth-order valence-corrected chi connectivity index (χ4v) is 3.22. The van der Waals surface area contributed by atoms with Gasteiger partial charge in [-0.3, -0.25) is 4.57 Å². The fraction of sp³-hybridized carbons (Fsp3) is 0.300. The maximum absolute atomic E-state index is 11.9. The van der Waals surface area contributed by atoms with Gasteiger partial charge in [-0.2, -0.15) is 0 Å². The summed E-state index contributed by atoms with van der Waals surface area (Å²) in [4.78, 5) is 18.7. The van der Waals surface area contributed by atoms with Crippen LogP contribution in [0.25, 0.3) is 16.7 Å². The van der Waals surface area contributed by atoms with Crippen molar-refractivity contribution in [3.05, 3.63) is 54.4 Å². The number of aromatic nitrogens is 2. The van der Waals surface area contributed by atoms with Crippen molar-refractivity contribution in [2.75, 3.05) is 37.8 Å². The summed E-state index contributed by atoms with van der Waals surface area (Å²) in [6, 6.07) is 13.9. The van der Waals surface area contributed by atoms with Gasteiger partial charge in [0.25, 0.3) is 0 Å². The lowest BCUT2D eigenvalue weighted by Gasteiger charge is -2.29. The number of rotatable bonds is 4. The van der Waals surface area contributed by atoms with Gasteiger partial charge in [-0.25, -0.2) is 9.78 Å². The molecule has 0 aliphatic carbocycles. The maximum Gasteiger partial charge on any atom is 0.338 e. The summed E-state index contributed by atoms with van der Waals surface area (Å²) in [7, 11) is 0. The van der Waals surface area contributed by atoms with Gasteiger partial charge >= 0.3 is 5.97 Å². The molecule has 2 aromatic carbocycles. The Kier molecular flexibility index (Phi) is 4.58. The number of benzene rings is 2. The van der Waals surface area contributed by atoms with Gasteiger partial charge in [0.1, 0.15) is 6.33 Å². The zero-order valence-corrected chi connectivity index (χ0v) is 14.7. The molecule has 1 aliphatic rings. The molecule has 1 aliphatic heterocycles. The Balaban J connectivity index is 1.67. The van der Waals surface area contributed by atoms with Crippen LogP contribution in [0, 0.1) is 0 Å². The highest BCUT2D eigenvalue weighted by Gasteiger charge is 2.14. The second-order valence-electron chi connectivity index (χ2n) is 6.16. The summed E-state index contributed by atoms with van der Waals surface area (Å²) in [5, 5.41) is 0. The molecule has 0 bridgehead atoms. The van der Waals surface area contributed by atoms with Crippen molar-refractivity contribution in [2.45, 2.75) is 6.92 Å². The Hall–Kier alpha value is -2.86. The van der Waals surface area contributed by atoms with Crippen molar-refractivity contribution >= 4 is 22.7 Å². The zero-order valence-electron chi connectivity index (χ0n) is 14.7. The first kappa shape index (κ1) is 16.6. The first-order valence-corrected chi connectivity index (χ1v) is 8.83. The van der Waals surface area contributed by atoms with Gasteiger partial charge in [-0.1, -0.05) is 6.07 Å². The largest absolute Gasteiger partial charge is 0.462 e. The number of morpholine rings is 1. The van der Waals surface area contributed by atoms with Crippen molar-refractivity contribution in [3.8, 4) is 5.69 Å². The molecule has 1 saturated heterocycles. The first-order chi connectivity index (χ1) is 12.8. The average Bonchev–Trinajstić information content (AvgIpc) is 3.12. The number of hydrogen-bond donors (Lipinski definition) is 0. The first-order valence-electron chi connectivity index (χ1n) is 8.83. The van der Waals surface area contributed by atoms with Gasteiger partial charge in [0.2, 0.25) is 0 Å². The van der Waals surface area contributed by atoms with E-state index in [1.54, 1.807) is 25.4 Å². The molecule has 2 heterocycles. The van der Waals surface area contributed by atoms with E-state index >= 15 is 0 Å². The van der Waals surface area contributed by atoms with E-state index in [4.69, 9.17) is 9.47 Å². The van der Waals surface area contributed by atoms with Crippen molar-refractivity contribution in [1.82, 2.24) is 9.55 Å². The maximum atomic E-state index is 11.9. The van der Waals surface area contributed by atoms with Crippen LogP contribution >= 0.6 is 0 Å². The van der Waals surface area contributed by atoms with Gasteiger partial charge < -0.3 is 14.4 Å². The number of anilines is 1. The summed E-state index contributed by atoms with van der Waals surface area (Å²) in [5.74, 6) is -0.321. The zero-order chi connectivity index (χ0) is 17.9. The van der Waals surface area contributed by atoms with Crippen molar-refractivity contribution in [3.63, 3.8) is 0 Å². The Labute approximate surface area is 152 Å². The van der Waals surface area contributed by atoms with Crippen LogP contribution in [0.15, 0.2) is 48.8 Å². The van der Waals surface area contributed by atoms with Gasteiger partial charge in [0.15, 0.2) is 0 Å². The van der Waals surface area contributed by atoms with Crippen LogP contribution in [0.2, 0.25) is 0 Å². The summed E-state index contributed by atoms with van der Waals surface area (Å²) < 4.78 is 12.5. The van der Waals surface area contributed by atoms with Crippen LogP contribution in [0.1, 0.15) is 17.3 Å². The lowest BCUT2D eigenvalue weighted by molar-refractivity contribution is 0.0526. The third kappa shape index (κ3) is 3.15. The molecule has 0 saturated carbocycles. The number of carbonyl (C=O) groups excluding carboxylic acids is 1. The number of imidazole rings is 1. The second-order valence-corrected chi connectivity index (χ2v) is 6.16.